The third-order valence-electron chi connectivity index (χ3n) is 2.49. The summed E-state index contributed by atoms with van der Waals surface area (Å²) in [5, 5.41) is 13.8. The molecule has 0 aliphatic heterocycles. The molecule has 0 spiro atoms. The molecule has 0 unspecified atom stereocenters. The third kappa shape index (κ3) is 3.50. The van der Waals surface area contributed by atoms with Gasteiger partial charge in [0.25, 0.3) is 5.91 Å². The van der Waals surface area contributed by atoms with Crippen molar-refractivity contribution in [1.82, 2.24) is 5.43 Å². The molecule has 0 saturated heterocycles. The van der Waals surface area contributed by atoms with E-state index in [1.807, 2.05) is 0 Å². The largest absolute Gasteiger partial charge is 0.508 e. The summed E-state index contributed by atoms with van der Waals surface area (Å²) in [6, 6.07) is 10.9. The molecule has 2 N–H and O–H groups in total. The van der Waals surface area contributed by atoms with Gasteiger partial charge in [0, 0.05) is 11.1 Å². The molecule has 0 atom stereocenters. The smallest absolute Gasteiger partial charge is 0.271 e. The maximum absolute atomic E-state index is 11.7. The van der Waals surface area contributed by atoms with Crippen LogP contribution in [0, 0.1) is 0 Å². The molecular formula is C14H10Cl2N2O2. The van der Waals surface area contributed by atoms with Gasteiger partial charge in [0.1, 0.15) is 5.75 Å². The van der Waals surface area contributed by atoms with Crippen molar-refractivity contribution in [2.45, 2.75) is 0 Å². The summed E-state index contributed by atoms with van der Waals surface area (Å²) in [6.07, 6.45) is 1.38. The molecule has 1 amide bonds. The van der Waals surface area contributed by atoms with Gasteiger partial charge in [-0.2, -0.15) is 5.10 Å². The fourth-order valence-corrected chi connectivity index (χ4v) is 1.96. The number of phenols is 1. The van der Waals surface area contributed by atoms with Crippen LogP contribution in [0.3, 0.4) is 0 Å². The van der Waals surface area contributed by atoms with E-state index < -0.39 is 5.91 Å². The van der Waals surface area contributed by atoms with Crippen molar-refractivity contribution in [3.8, 4) is 5.75 Å². The standard InChI is InChI=1S/C14H10Cl2N2O2/c15-12-2-1-3-13(16)11(12)8-17-18-14(20)9-4-6-10(19)7-5-9/h1-8,19H,(H,18,20). The predicted octanol–water partition coefficient (Wildman–Crippen LogP) is 3.46. The number of nitrogens with one attached hydrogen (secondary N) is 1. The molecule has 0 saturated carbocycles. The lowest BCUT2D eigenvalue weighted by Crippen LogP contribution is -2.17. The molecule has 102 valence electrons. The number of hydrazone groups is 1. The Morgan fingerprint density at radius 2 is 1.70 bits per heavy atom. The number of nitrogens with zero attached hydrogens (tertiary/aromatic N) is 1. The molecular weight excluding hydrogens is 299 g/mol. The molecule has 6 heteroatoms. The third-order valence-corrected chi connectivity index (χ3v) is 3.15. The Hall–Kier alpha value is -2.04. The lowest BCUT2D eigenvalue weighted by Gasteiger charge is -2.02. The van der Waals surface area contributed by atoms with Crippen LogP contribution in [0.1, 0.15) is 15.9 Å². The second kappa shape index (κ2) is 6.41. The van der Waals surface area contributed by atoms with Crippen LogP contribution in [0.5, 0.6) is 5.75 Å². The summed E-state index contributed by atoms with van der Waals surface area (Å²) in [6.45, 7) is 0. The summed E-state index contributed by atoms with van der Waals surface area (Å²) >= 11 is 11.9. The molecule has 0 fully saturated rings. The van der Waals surface area contributed by atoms with Gasteiger partial charge in [-0.1, -0.05) is 29.3 Å². The van der Waals surface area contributed by atoms with Gasteiger partial charge in [0.15, 0.2) is 0 Å². The van der Waals surface area contributed by atoms with Crippen molar-refractivity contribution in [2.75, 3.05) is 0 Å². The number of amides is 1. The SMILES string of the molecule is O=C(NN=Cc1c(Cl)cccc1Cl)c1ccc(O)cc1. The summed E-state index contributed by atoms with van der Waals surface area (Å²) in [5.41, 5.74) is 3.26. The highest BCUT2D eigenvalue weighted by Gasteiger charge is 2.05. The Kier molecular flexibility index (Phi) is 4.61. The number of hydrogen-bond acceptors (Lipinski definition) is 3. The minimum absolute atomic E-state index is 0.0906. The van der Waals surface area contributed by atoms with Crippen LogP contribution in [0.2, 0.25) is 10.0 Å². The van der Waals surface area contributed by atoms with Crippen LogP contribution in [0.25, 0.3) is 0 Å². The number of rotatable bonds is 3. The van der Waals surface area contributed by atoms with E-state index in [4.69, 9.17) is 28.3 Å². The van der Waals surface area contributed by atoms with E-state index in [-0.39, 0.29) is 5.75 Å². The van der Waals surface area contributed by atoms with Crippen LogP contribution in [0.15, 0.2) is 47.6 Å². The van der Waals surface area contributed by atoms with Crippen molar-refractivity contribution >= 4 is 35.3 Å². The highest BCUT2D eigenvalue weighted by Crippen LogP contribution is 2.22. The average molecular weight is 309 g/mol. The fraction of sp³-hybridized carbons (Fsp3) is 0. The van der Waals surface area contributed by atoms with Gasteiger partial charge in [-0.25, -0.2) is 5.43 Å². The first-order valence-corrected chi connectivity index (χ1v) is 6.40. The Morgan fingerprint density at radius 1 is 1.10 bits per heavy atom. The van der Waals surface area contributed by atoms with Crippen LogP contribution < -0.4 is 5.43 Å². The first-order chi connectivity index (χ1) is 9.58. The van der Waals surface area contributed by atoms with Crippen LogP contribution in [0.4, 0.5) is 0 Å². The highest BCUT2D eigenvalue weighted by atomic mass is 35.5. The molecule has 0 bridgehead atoms. The number of phenolic OH excluding ortho intramolecular Hbond substituents is 1. The predicted molar refractivity (Wildman–Crippen MR) is 79.6 cm³/mol. The van der Waals surface area contributed by atoms with Gasteiger partial charge in [0.05, 0.1) is 16.3 Å². The van der Waals surface area contributed by atoms with Gasteiger partial charge in [-0.3, -0.25) is 4.79 Å². The zero-order chi connectivity index (χ0) is 14.5. The van der Waals surface area contributed by atoms with Crippen molar-refractivity contribution in [1.29, 1.82) is 0 Å². The monoisotopic (exact) mass is 308 g/mol. The summed E-state index contributed by atoms with van der Waals surface area (Å²) in [5.74, 6) is -0.308. The number of hydrogen-bond donors (Lipinski definition) is 2. The van der Waals surface area contributed by atoms with Crippen LogP contribution in [-0.4, -0.2) is 17.2 Å². The summed E-state index contributed by atoms with van der Waals surface area (Å²) in [7, 11) is 0. The lowest BCUT2D eigenvalue weighted by atomic mass is 10.2. The Balaban J connectivity index is 2.06. The normalized spacial score (nSPS) is 10.7. The van der Waals surface area contributed by atoms with E-state index >= 15 is 0 Å². The quantitative estimate of drug-likeness (QED) is 0.674. The number of carbonyl (C=O) groups is 1. The number of benzene rings is 2. The molecule has 0 aromatic heterocycles. The van der Waals surface area contributed by atoms with Gasteiger partial charge < -0.3 is 5.11 Å². The Labute approximate surface area is 125 Å². The first kappa shape index (κ1) is 14.4. The van der Waals surface area contributed by atoms with Crippen LogP contribution >= 0.6 is 23.2 Å². The van der Waals surface area contributed by atoms with E-state index in [1.165, 1.54) is 30.5 Å². The first-order valence-electron chi connectivity index (χ1n) is 5.64. The molecule has 2 aromatic carbocycles. The minimum Gasteiger partial charge on any atom is -0.508 e. The van der Waals surface area contributed by atoms with Crippen molar-refractivity contribution < 1.29 is 9.90 Å². The van der Waals surface area contributed by atoms with E-state index in [0.717, 1.165) is 0 Å². The maximum Gasteiger partial charge on any atom is 0.271 e. The molecule has 4 nitrogen and oxygen atoms in total. The van der Waals surface area contributed by atoms with Crippen molar-refractivity contribution in [3.63, 3.8) is 0 Å². The lowest BCUT2D eigenvalue weighted by molar-refractivity contribution is 0.0955. The zero-order valence-corrected chi connectivity index (χ0v) is 11.7. The van der Waals surface area contributed by atoms with Crippen molar-refractivity contribution in [2.24, 2.45) is 5.10 Å². The highest BCUT2D eigenvalue weighted by molar-refractivity contribution is 6.38. The Bertz CT molecular complexity index is 634. The number of carbonyl (C=O) groups excluding carboxylic acids is 1. The maximum atomic E-state index is 11.7. The average Bonchev–Trinajstić information content (AvgIpc) is 2.42. The van der Waals surface area contributed by atoms with Crippen LogP contribution in [-0.2, 0) is 0 Å². The van der Waals surface area contributed by atoms with Crippen molar-refractivity contribution in [3.05, 3.63) is 63.6 Å². The fourth-order valence-electron chi connectivity index (χ4n) is 1.47. The van der Waals surface area contributed by atoms with E-state index in [9.17, 15) is 4.79 Å². The van der Waals surface area contributed by atoms with E-state index in [0.29, 0.717) is 21.2 Å². The topological polar surface area (TPSA) is 61.7 Å². The Morgan fingerprint density at radius 3 is 2.30 bits per heavy atom. The molecule has 0 aliphatic rings. The minimum atomic E-state index is -0.399. The van der Waals surface area contributed by atoms with Gasteiger partial charge in [-0.05, 0) is 36.4 Å². The van der Waals surface area contributed by atoms with Gasteiger partial charge >= 0.3 is 0 Å². The van der Waals surface area contributed by atoms with E-state index in [1.54, 1.807) is 18.2 Å². The molecule has 0 radical (unpaired) electrons. The second-order valence-corrected chi connectivity index (χ2v) is 4.70. The molecule has 2 aromatic rings. The second-order valence-electron chi connectivity index (χ2n) is 3.88. The van der Waals surface area contributed by atoms with E-state index in [2.05, 4.69) is 10.5 Å². The summed E-state index contributed by atoms with van der Waals surface area (Å²) in [4.78, 5) is 11.7. The molecule has 20 heavy (non-hydrogen) atoms. The molecule has 0 aliphatic carbocycles. The molecule has 2 rings (SSSR count). The van der Waals surface area contributed by atoms with Gasteiger partial charge in [-0.15, -0.1) is 0 Å². The number of aromatic hydroxyl groups is 1. The van der Waals surface area contributed by atoms with Gasteiger partial charge in [0.2, 0.25) is 0 Å². The number of halogens is 2. The molecule has 0 heterocycles. The summed E-state index contributed by atoms with van der Waals surface area (Å²) < 4.78 is 0. The zero-order valence-electron chi connectivity index (χ0n) is 10.2.